The second-order valence-electron chi connectivity index (χ2n) is 2.89. The van der Waals surface area contributed by atoms with Gasteiger partial charge in [-0.1, -0.05) is 18.2 Å². The number of alkyl halides is 1. The van der Waals surface area contributed by atoms with Gasteiger partial charge < -0.3 is 20.1 Å². The van der Waals surface area contributed by atoms with Crippen LogP contribution >= 0.6 is 19.2 Å². The molecule has 0 aliphatic rings. The van der Waals surface area contributed by atoms with Crippen LogP contribution in [0.2, 0.25) is 0 Å². The lowest BCUT2D eigenvalue weighted by molar-refractivity contribution is -0.254. The van der Waals surface area contributed by atoms with Gasteiger partial charge in [-0.15, -0.1) is 11.6 Å². The third kappa shape index (κ3) is 11.5. The van der Waals surface area contributed by atoms with Crippen LogP contribution in [0.5, 0.6) is 0 Å². The lowest BCUT2D eigenvalue weighted by Gasteiger charge is -2.13. The van der Waals surface area contributed by atoms with E-state index in [1.54, 1.807) is 0 Å². The van der Waals surface area contributed by atoms with Crippen molar-refractivity contribution < 1.29 is 20.1 Å². The van der Waals surface area contributed by atoms with Gasteiger partial charge in [-0.3, -0.25) is 0 Å². The minimum Gasteiger partial charge on any atom is -0.779 e. The Labute approximate surface area is 94.2 Å². The van der Waals surface area contributed by atoms with Crippen molar-refractivity contribution in [2.75, 3.05) is 12.0 Å². The summed E-state index contributed by atoms with van der Waals surface area (Å²) in [6.07, 6.45) is 0.106. The lowest BCUT2D eigenvalue weighted by atomic mass is 10.3. The van der Waals surface area contributed by atoms with E-state index in [9.17, 15) is 9.46 Å². The number of quaternary nitrogens is 1. The molecule has 1 atom stereocenters. The number of halogens is 1. The fourth-order valence-electron chi connectivity index (χ4n) is 0.738. The molecule has 0 saturated heterocycles. The van der Waals surface area contributed by atoms with Gasteiger partial charge in [0.2, 0.25) is 0 Å². The van der Waals surface area contributed by atoms with Crippen molar-refractivity contribution in [2.24, 2.45) is 0 Å². The van der Waals surface area contributed by atoms with E-state index in [2.05, 4.69) is 5.73 Å². The smallest absolute Gasteiger partial charge is 0.132 e. The maximum absolute atomic E-state index is 9.91. The van der Waals surface area contributed by atoms with Crippen LogP contribution in [0.3, 0.4) is 0 Å². The molecule has 0 aliphatic heterocycles. The zero-order valence-electron chi connectivity index (χ0n) is 8.30. The Kier molecular flexibility index (Phi) is 7.65. The molecule has 1 unspecified atom stereocenters. The first-order valence-corrected chi connectivity index (χ1v) is 6.71. The van der Waals surface area contributed by atoms with Gasteiger partial charge in [0.15, 0.2) is 0 Å². The predicted octanol–water partition coefficient (Wildman–Crippen LogP) is 0.721. The summed E-state index contributed by atoms with van der Waals surface area (Å²) in [6, 6.07) is 9.87. The second-order valence-corrected chi connectivity index (χ2v) is 4.99. The molecule has 0 aliphatic carbocycles. The van der Waals surface area contributed by atoms with Gasteiger partial charge in [0, 0.05) is 12.0 Å². The summed E-state index contributed by atoms with van der Waals surface area (Å²) in [5, 5.41) is 0. The largest absolute Gasteiger partial charge is 0.779 e. The van der Waals surface area contributed by atoms with E-state index in [4.69, 9.17) is 16.5 Å². The molecule has 1 aromatic rings. The molecule has 0 fully saturated rings. The average Bonchev–Trinajstić information content (AvgIpc) is 2.16. The van der Waals surface area contributed by atoms with Crippen molar-refractivity contribution in [1.29, 1.82) is 0 Å². The summed E-state index contributed by atoms with van der Waals surface area (Å²) in [4.78, 5) is 18.0. The van der Waals surface area contributed by atoms with Crippen molar-refractivity contribution in [3.8, 4) is 0 Å². The molecule has 0 saturated carbocycles. The van der Waals surface area contributed by atoms with Gasteiger partial charge in [0.25, 0.3) is 0 Å². The molecule has 4 N–H and O–H groups in total. The van der Waals surface area contributed by atoms with Gasteiger partial charge in [0.05, 0.1) is 0 Å². The third-order valence-electron chi connectivity index (χ3n) is 1.42. The minimum atomic E-state index is -4.02. The topological polar surface area (TPSA) is 88.0 Å². The Balaban J connectivity index is 0.000000262. The second kappa shape index (κ2) is 7.85. The number of hydrogen-bond donors (Lipinski definition) is 2. The molecule has 0 heterocycles. The number of hydrogen-bond acceptors (Lipinski definition) is 2. The maximum atomic E-state index is 9.91. The van der Waals surface area contributed by atoms with Gasteiger partial charge in [0.1, 0.15) is 13.3 Å². The average molecular weight is 252 g/mol. The fraction of sp³-hybridized carbons (Fsp3) is 0.333. The van der Waals surface area contributed by atoms with Crippen molar-refractivity contribution in [3.63, 3.8) is 0 Å². The molecule has 0 spiro atoms. The van der Waals surface area contributed by atoms with E-state index in [0.717, 1.165) is 5.69 Å². The first-order valence-electron chi connectivity index (χ1n) is 4.41. The summed E-state index contributed by atoms with van der Waals surface area (Å²) in [5.41, 5.74) is 4.79. The Morgan fingerprint density at radius 1 is 1.40 bits per heavy atom. The fourth-order valence-corrected chi connectivity index (χ4v) is 1.62. The summed E-state index contributed by atoms with van der Waals surface area (Å²) < 4.78 is 9.91. The molecule has 1 aromatic carbocycles. The molecule has 86 valence electrons. The van der Waals surface area contributed by atoms with E-state index >= 15 is 0 Å². The third-order valence-corrected chi connectivity index (χ3v) is 2.57. The summed E-state index contributed by atoms with van der Waals surface area (Å²) in [5.74, 6) is 0.271. The van der Waals surface area contributed by atoms with Crippen LogP contribution in [0.4, 0.5) is 5.69 Å². The quantitative estimate of drug-likeness (QED) is 0.613. The summed E-state index contributed by atoms with van der Waals surface area (Å²) in [7, 11) is -4.02. The van der Waals surface area contributed by atoms with Crippen LogP contribution < -0.4 is 10.6 Å². The van der Waals surface area contributed by atoms with Gasteiger partial charge in [-0.05, 0) is 18.6 Å². The highest BCUT2D eigenvalue weighted by molar-refractivity contribution is 7.50. The highest BCUT2D eigenvalue weighted by Crippen LogP contribution is 2.29. The molecule has 4 nitrogen and oxygen atoms in total. The van der Waals surface area contributed by atoms with Crippen molar-refractivity contribution in [1.82, 2.24) is 0 Å². The SMILES string of the molecule is O=P([O-])(O)CCCCl.[NH3+]c1ccccc1. The first-order chi connectivity index (χ1) is 6.95. The number of benzene rings is 1. The highest BCUT2D eigenvalue weighted by Gasteiger charge is 1.98. The standard InChI is InChI=1S/C6H7N.C3H8ClO3P/c7-6-4-2-1-3-5-6;4-2-1-3-8(5,6)7/h1-5H,7H2;1-3H2,(H2,5,6,7). The number of rotatable bonds is 3. The molecule has 0 amide bonds. The van der Waals surface area contributed by atoms with Gasteiger partial charge >= 0.3 is 0 Å². The lowest BCUT2D eigenvalue weighted by Crippen LogP contribution is -2.39. The molecule has 15 heavy (non-hydrogen) atoms. The Hall–Kier alpha value is -0.380. The van der Waals surface area contributed by atoms with Crippen LogP contribution in [0.1, 0.15) is 6.42 Å². The maximum Gasteiger partial charge on any atom is 0.132 e. The van der Waals surface area contributed by atoms with Gasteiger partial charge in [-0.25, -0.2) is 0 Å². The van der Waals surface area contributed by atoms with Crippen LogP contribution in [0.25, 0.3) is 0 Å². The summed E-state index contributed by atoms with van der Waals surface area (Å²) in [6.45, 7) is 0. The molecule has 6 heteroatoms. The Bertz CT molecular complexity index is 301. The Morgan fingerprint density at radius 3 is 2.13 bits per heavy atom. The molecule has 0 bridgehead atoms. The van der Waals surface area contributed by atoms with Crippen molar-refractivity contribution in [2.45, 2.75) is 6.42 Å². The predicted molar refractivity (Wildman–Crippen MR) is 59.0 cm³/mol. The molecule has 1 rings (SSSR count). The zero-order chi connectivity index (χ0) is 11.7. The molecular weight excluding hydrogens is 237 g/mol. The summed E-state index contributed by atoms with van der Waals surface area (Å²) >= 11 is 5.14. The van der Waals surface area contributed by atoms with E-state index in [0.29, 0.717) is 6.42 Å². The van der Waals surface area contributed by atoms with E-state index in [-0.39, 0.29) is 12.0 Å². The van der Waals surface area contributed by atoms with Crippen LogP contribution in [0, 0.1) is 0 Å². The van der Waals surface area contributed by atoms with Gasteiger partial charge in [-0.2, -0.15) is 0 Å². The van der Waals surface area contributed by atoms with Crippen LogP contribution in [-0.4, -0.2) is 16.9 Å². The van der Waals surface area contributed by atoms with E-state index in [1.807, 2.05) is 30.3 Å². The molecule has 0 aromatic heterocycles. The highest BCUT2D eigenvalue weighted by atomic mass is 35.5. The van der Waals surface area contributed by atoms with Crippen LogP contribution in [0.15, 0.2) is 30.3 Å². The van der Waals surface area contributed by atoms with E-state index in [1.165, 1.54) is 0 Å². The monoisotopic (exact) mass is 251 g/mol. The first kappa shape index (κ1) is 14.6. The van der Waals surface area contributed by atoms with Crippen molar-refractivity contribution >= 4 is 24.9 Å². The van der Waals surface area contributed by atoms with Crippen LogP contribution in [-0.2, 0) is 4.57 Å². The minimum absolute atomic E-state index is 0.212. The normalized spacial score (nSPS) is 13.6. The Morgan fingerprint density at radius 2 is 1.93 bits per heavy atom. The van der Waals surface area contributed by atoms with Crippen molar-refractivity contribution in [3.05, 3.63) is 30.3 Å². The molecular formula is C9H15ClNO3P. The zero-order valence-corrected chi connectivity index (χ0v) is 9.95. The molecule has 0 radical (unpaired) electrons. The van der Waals surface area contributed by atoms with E-state index < -0.39 is 7.60 Å².